The molecule has 0 radical (unpaired) electrons. The number of amides is 1. The molecule has 1 aliphatic carbocycles. The van der Waals surface area contributed by atoms with Crippen LogP contribution in [-0.4, -0.2) is 23.0 Å². The minimum Gasteiger partial charge on any atom is -0.481 e. The second-order valence-corrected chi connectivity index (χ2v) is 5.12. The van der Waals surface area contributed by atoms with Crippen LogP contribution < -0.4 is 5.32 Å². The highest BCUT2D eigenvalue weighted by molar-refractivity contribution is 5.79. The van der Waals surface area contributed by atoms with Crippen LogP contribution in [0.25, 0.3) is 0 Å². The van der Waals surface area contributed by atoms with Gasteiger partial charge in [0, 0.05) is 6.04 Å². The van der Waals surface area contributed by atoms with Gasteiger partial charge in [-0.25, -0.2) is 0 Å². The minimum atomic E-state index is -0.763. The molecule has 1 fully saturated rings. The topological polar surface area (TPSA) is 66.4 Å². The highest BCUT2D eigenvalue weighted by Gasteiger charge is 2.35. The van der Waals surface area contributed by atoms with Crippen molar-refractivity contribution in [3.8, 4) is 0 Å². The fraction of sp³-hybridized carbons (Fsp3) is 0.467. The predicted octanol–water partition coefficient (Wildman–Crippen LogP) is 1.77. The van der Waals surface area contributed by atoms with E-state index < -0.39 is 5.97 Å². The lowest BCUT2D eigenvalue weighted by atomic mass is 9.80. The average molecular weight is 261 g/mol. The second-order valence-electron chi connectivity index (χ2n) is 5.12. The molecule has 1 aromatic rings. The Labute approximate surface area is 112 Å². The van der Waals surface area contributed by atoms with Crippen LogP contribution in [0.1, 0.15) is 30.9 Å². The number of carboxylic acids is 1. The summed E-state index contributed by atoms with van der Waals surface area (Å²) in [5, 5.41) is 11.7. The number of hydrogen-bond acceptors (Lipinski definition) is 2. The van der Waals surface area contributed by atoms with E-state index in [4.69, 9.17) is 5.11 Å². The van der Waals surface area contributed by atoms with E-state index in [0.29, 0.717) is 19.3 Å². The number of rotatable bonds is 5. The maximum absolute atomic E-state index is 11.8. The summed E-state index contributed by atoms with van der Waals surface area (Å²) in [6, 6.07) is 8.03. The molecular formula is C15H19NO3. The Kier molecular flexibility index (Phi) is 4.20. The number of carboxylic acid groups (broad SMARTS) is 1. The number of carbonyl (C=O) groups excluding carboxylic acids is 1. The maximum atomic E-state index is 11.8. The van der Waals surface area contributed by atoms with E-state index in [1.165, 1.54) is 5.56 Å². The molecule has 0 heterocycles. The van der Waals surface area contributed by atoms with Gasteiger partial charge >= 0.3 is 5.97 Å². The number of benzene rings is 1. The summed E-state index contributed by atoms with van der Waals surface area (Å²) in [6.45, 7) is 2.08. The van der Waals surface area contributed by atoms with Gasteiger partial charge in [0.25, 0.3) is 0 Å². The van der Waals surface area contributed by atoms with Crippen LogP contribution in [0.3, 0.4) is 0 Å². The summed E-state index contributed by atoms with van der Waals surface area (Å²) in [5.41, 5.74) is 2.23. The Hall–Kier alpha value is -1.84. The Balaban J connectivity index is 1.80. The quantitative estimate of drug-likeness (QED) is 0.849. The summed E-state index contributed by atoms with van der Waals surface area (Å²) in [5.74, 6) is -1.07. The lowest BCUT2D eigenvalue weighted by Gasteiger charge is -2.32. The van der Waals surface area contributed by atoms with Gasteiger partial charge in [0.2, 0.25) is 5.91 Å². The Bertz CT molecular complexity index is 478. The van der Waals surface area contributed by atoms with E-state index in [1.54, 1.807) is 0 Å². The second kappa shape index (κ2) is 5.87. The normalized spacial score (nSPS) is 21.5. The van der Waals surface area contributed by atoms with Crippen molar-refractivity contribution in [2.45, 2.75) is 38.6 Å². The molecule has 1 aliphatic rings. The third-order valence-electron chi connectivity index (χ3n) is 3.62. The third-order valence-corrected chi connectivity index (χ3v) is 3.62. The van der Waals surface area contributed by atoms with Gasteiger partial charge in [-0.05, 0) is 30.4 Å². The SMILES string of the molecule is CCc1cccc(CC(=O)NC2CC(C(=O)O)C2)c1. The van der Waals surface area contributed by atoms with Gasteiger partial charge in [-0.3, -0.25) is 9.59 Å². The summed E-state index contributed by atoms with van der Waals surface area (Å²) >= 11 is 0. The minimum absolute atomic E-state index is 0.0258. The summed E-state index contributed by atoms with van der Waals surface area (Å²) in [4.78, 5) is 22.5. The number of aryl methyl sites for hydroxylation is 1. The first kappa shape index (κ1) is 13.6. The molecule has 1 aromatic carbocycles. The van der Waals surface area contributed by atoms with Crippen LogP contribution in [0.15, 0.2) is 24.3 Å². The highest BCUT2D eigenvalue weighted by Crippen LogP contribution is 2.27. The Morgan fingerprint density at radius 1 is 1.32 bits per heavy atom. The molecule has 1 amide bonds. The molecular weight excluding hydrogens is 242 g/mol. The third kappa shape index (κ3) is 3.56. The molecule has 102 valence electrons. The van der Waals surface area contributed by atoms with E-state index >= 15 is 0 Å². The van der Waals surface area contributed by atoms with Gasteiger partial charge < -0.3 is 10.4 Å². The number of nitrogens with one attached hydrogen (secondary N) is 1. The van der Waals surface area contributed by atoms with Crippen LogP contribution in [0.4, 0.5) is 0 Å². The van der Waals surface area contributed by atoms with Gasteiger partial charge in [0.1, 0.15) is 0 Å². The van der Waals surface area contributed by atoms with Crippen LogP contribution in [0, 0.1) is 5.92 Å². The summed E-state index contributed by atoms with van der Waals surface area (Å²) < 4.78 is 0. The zero-order valence-electron chi connectivity index (χ0n) is 11.1. The molecule has 4 nitrogen and oxygen atoms in total. The van der Waals surface area contributed by atoms with Gasteiger partial charge in [0.05, 0.1) is 12.3 Å². The zero-order chi connectivity index (χ0) is 13.8. The van der Waals surface area contributed by atoms with E-state index in [0.717, 1.165) is 12.0 Å². The standard InChI is InChI=1S/C15H19NO3/c1-2-10-4-3-5-11(6-10)7-14(17)16-13-8-12(9-13)15(18)19/h3-6,12-13H,2,7-9H2,1H3,(H,16,17)(H,18,19). The van der Waals surface area contributed by atoms with Gasteiger partial charge in [-0.15, -0.1) is 0 Å². The average Bonchev–Trinajstić information content (AvgIpc) is 2.33. The lowest BCUT2D eigenvalue weighted by molar-refractivity contribution is -0.146. The number of carbonyl (C=O) groups is 2. The molecule has 0 unspecified atom stereocenters. The molecule has 2 N–H and O–H groups in total. The molecule has 0 bridgehead atoms. The van der Waals surface area contributed by atoms with E-state index in [-0.39, 0.29) is 17.9 Å². The molecule has 19 heavy (non-hydrogen) atoms. The van der Waals surface area contributed by atoms with Crippen molar-refractivity contribution in [3.63, 3.8) is 0 Å². The monoisotopic (exact) mass is 261 g/mol. The van der Waals surface area contributed by atoms with Crippen molar-refractivity contribution < 1.29 is 14.7 Å². The van der Waals surface area contributed by atoms with Crippen LogP contribution in [0.5, 0.6) is 0 Å². The first-order valence-electron chi connectivity index (χ1n) is 6.68. The smallest absolute Gasteiger partial charge is 0.306 e. The lowest BCUT2D eigenvalue weighted by Crippen LogP contribution is -2.47. The fourth-order valence-electron chi connectivity index (χ4n) is 2.36. The molecule has 0 aliphatic heterocycles. The summed E-state index contributed by atoms with van der Waals surface area (Å²) in [6.07, 6.45) is 2.42. The summed E-state index contributed by atoms with van der Waals surface area (Å²) in [7, 11) is 0. The van der Waals surface area contributed by atoms with Gasteiger partial charge in [-0.1, -0.05) is 31.2 Å². The van der Waals surface area contributed by atoms with Crippen LogP contribution >= 0.6 is 0 Å². The molecule has 4 heteroatoms. The van der Waals surface area contributed by atoms with E-state index in [2.05, 4.69) is 12.2 Å². The van der Waals surface area contributed by atoms with Crippen LogP contribution in [-0.2, 0) is 22.4 Å². The molecule has 0 saturated heterocycles. The first-order valence-corrected chi connectivity index (χ1v) is 6.68. The van der Waals surface area contributed by atoms with Crippen molar-refractivity contribution >= 4 is 11.9 Å². The molecule has 0 atom stereocenters. The van der Waals surface area contributed by atoms with Crippen molar-refractivity contribution in [2.75, 3.05) is 0 Å². The molecule has 1 saturated carbocycles. The molecule has 0 aromatic heterocycles. The van der Waals surface area contributed by atoms with Crippen molar-refractivity contribution in [1.29, 1.82) is 0 Å². The van der Waals surface area contributed by atoms with Gasteiger partial charge in [-0.2, -0.15) is 0 Å². The largest absolute Gasteiger partial charge is 0.481 e. The Morgan fingerprint density at radius 3 is 2.63 bits per heavy atom. The van der Waals surface area contributed by atoms with Crippen LogP contribution in [0.2, 0.25) is 0 Å². The van der Waals surface area contributed by atoms with Crippen molar-refractivity contribution in [1.82, 2.24) is 5.32 Å². The molecule has 0 spiro atoms. The number of hydrogen-bond donors (Lipinski definition) is 2. The van der Waals surface area contributed by atoms with Crippen molar-refractivity contribution in [3.05, 3.63) is 35.4 Å². The maximum Gasteiger partial charge on any atom is 0.306 e. The molecule has 2 rings (SSSR count). The predicted molar refractivity (Wildman–Crippen MR) is 71.8 cm³/mol. The first-order chi connectivity index (χ1) is 9.08. The highest BCUT2D eigenvalue weighted by atomic mass is 16.4. The number of aliphatic carboxylic acids is 1. The Morgan fingerprint density at radius 2 is 2.00 bits per heavy atom. The zero-order valence-corrected chi connectivity index (χ0v) is 11.1. The van der Waals surface area contributed by atoms with Gasteiger partial charge in [0.15, 0.2) is 0 Å². The van der Waals surface area contributed by atoms with E-state index in [9.17, 15) is 9.59 Å². The van der Waals surface area contributed by atoms with E-state index in [1.807, 2.05) is 24.3 Å². The van der Waals surface area contributed by atoms with Crippen molar-refractivity contribution in [2.24, 2.45) is 5.92 Å². The fourth-order valence-corrected chi connectivity index (χ4v) is 2.36.